The molecule has 5 heteroatoms. The molecule has 0 unspecified atom stereocenters. The van der Waals surface area contributed by atoms with E-state index in [4.69, 9.17) is 10.8 Å². The van der Waals surface area contributed by atoms with Gasteiger partial charge >= 0.3 is 5.97 Å². The lowest BCUT2D eigenvalue weighted by atomic mass is 10.0. The Morgan fingerprint density at radius 2 is 2.00 bits per heavy atom. The summed E-state index contributed by atoms with van der Waals surface area (Å²) >= 11 is 0. The molecule has 3 aromatic rings. The molecule has 0 saturated carbocycles. The van der Waals surface area contributed by atoms with Crippen LogP contribution < -0.4 is 5.73 Å². The molecule has 106 valence electrons. The fraction of sp³-hybridized carbons (Fsp3) is 0.125. The molecule has 3 rings (SSSR count). The van der Waals surface area contributed by atoms with Gasteiger partial charge in [-0.3, -0.25) is 4.79 Å². The molecule has 21 heavy (non-hydrogen) atoms. The van der Waals surface area contributed by atoms with Crippen molar-refractivity contribution >= 4 is 11.5 Å². The van der Waals surface area contributed by atoms with Gasteiger partial charge in [-0.1, -0.05) is 30.3 Å². The van der Waals surface area contributed by atoms with Crippen LogP contribution in [0.5, 0.6) is 0 Å². The van der Waals surface area contributed by atoms with Gasteiger partial charge < -0.3 is 10.8 Å². The SMILES string of the molecule is N[C@@H](Cc1ccc(-c2cnn3ccccc23)cc1)C(=O)O. The first kappa shape index (κ1) is 13.3. The Kier molecular flexibility index (Phi) is 3.41. The highest BCUT2D eigenvalue weighted by molar-refractivity contribution is 5.79. The highest BCUT2D eigenvalue weighted by atomic mass is 16.4. The first-order valence-corrected chi connectivity index (χ1v) is 6.65. The average molecular weight is 281 g/mol. The molecule has 3 N–H and O–H groups in total. The van der Waals surface area contributed by atoms with Gasteiger partial charge in [0.1, 0.15) is 6.04 Å². The summed E-state index contributed by atoms with van der Waals surface area (Å²) in [4.78, 5) is 10.8. The summed E-state index contributed by atoms with van der Waals surface area (Å²) in [5.74, 6) is -0.985. The van der Waals surface area contributed by atoms with Crippen molar-refractivity contribution in [2.75, 3.05) is 0 Å². The number of fused-ring (bicyclic) bond motifs is 1. The highest BCUT2D eigenvalue weighted by Crippen LogP contribution is 2.24. The minimum atomic E-state index is -0.985. The topological polar surface area (TPSA) is 80.6 Å². The van der Waals surface area contributed by atoms with Gasteiger partial charge in [0.25, 0.3) is 0 Å². The van der Waals surface area contributed by atoms with Crippen LogP contribution in [0.4, 0.5) is 0 Å². The molecule has 5 nitrogen and oxygen atoms in total. The Balaban J connectivity index is 1.89. The molecule has 0 spiro atoms. The lowest BCUT2D eigenvalue weighted by Crippen LogP contribution is -2.32. The second-order valence-corrected chi connectivity index (χ2v) is 4.93. The van der Waals surface area contributed by atoms with Crippen molar-refractivity contribution in [2.45, 2.75) is 12.5 Å². The molecule has 1 atom stereocenters. The third kappa shape index (κ3) is 2.64. The maximum absolute atomic E-state index is 10.8. The van der Waals surface area contributed by atoms with Crippen LogP contribution >= 0.6 is 0 Å². The van der Waals surface area contributed by atoms with E-state index in [-0.39, 0.29) is 0 Å². The van der Waals surface area contributed by atoms with E-state index < -0.39 is 12.0 Å². The maximum Gasteiger partial charge on any atom is 0.320 e. The lowest BCUT2D eigenvalue weighted by Gasteiger charge is -2.07. The number of benzene rings is 1. The third-order valence-corrected chi connectivity index (χ3v) is 3.46. The summed E-state index contributed by atoms with van der Waals surface area (Å²) < 4.78 is 1.82. The number of pyridine rings is 1. The van der Waals surface area contributed by atoms with Crippen molar-refractivity contribution in [3.05, 3.63) is 60.4 Å². The van der Waals surface area contributed by atoms with Crippen LogP contribution in [0.25, 0.3) is 16.6 Å². The van der Waals surface area contributed by atoms with Crippen LogP contribution in [0.15, 0.2) is 54.9 Å². The molecular formula is C16H15N3O2. The molecule has 2 aromatic heterocycles. The second-order valence-electron chi connectivity index (χ2n) is 4.93. The Labute approximate surface area is 121 Å². The van der Waals surface area contributed by atoms with E-state index >= 15 is 0 Å². The van der Waals surface area contributed by atoms with Gasteiger partial charge in [0.15, 0.2) is 0 Å². The highest BCUT2D eigenvalue weighted by Gasteiger charge is 2.12. The number of carboxylic acid groups (broad SMARTS) is 1. The molecule has 2 heterocycles. The molecule has 1 aromatic carbocycles. The first-order chi connectivity index (χ1) is 10.1. The second kappa shape index (κ2) is 5.38. The van der Waals surface area contributed by atoms with Crippen molar-refractivity contribution < 1.29 is 9.90 Å². The van der Waals surface area contributed by atoms with Crippen molar-refractivity contribution in [2.24, 2.45) is 5.73 Å². The number of aromatic nitrogens is 2. The van der Waals surface area contributed by atoms with E-state index in [2.05, 4.69) is 5.10 Å². The normalized spacial score (nSPS) is 12.4. The Bertz CT molecular complexity index is 778. The van der Waals surface area contributed by atoms with Crippen LogP contribution in [-0.4, -0.2) is 26.7 Å². The predicted molar refractivity (Wildman–Crippen MR) is 79.9 cm³/mol. The number of nitrogens with zero attached hydrogens (tertiary/aromatic N) is 2. The third-order valence-electron chi connectivity index (χ3n) is 3.46. The minimum absolute atomic E-state index is 0.324. The fourth-order valence-corrected chi connectivity index (χ4v) is 2.32. The summed E-state index contributed by atoms with van der Waals surface area (Å²) in [6, 6.07) is 12.8. The smallest absolute Gasteiger partial charge is 0.320 e. The standard InChI is InChI=1S/C16H15N3O2/c17-14(16(20)21)9-11-4-6-12(7-5-11)13-10-18-19-8-2-1-3-15(13)19/h1-8,10,14H,9,17H2,(H,20,21)/t14-/m0/s1. The van der Waals surface area contributed by atoms with Crippen LogP contribution in [0, 0.1) is 0 Å². The van der Waals surface area contributed by atoms with E-state index in [0.717, 1.165) is 22.2 Å². The number of nitrogens with two attached hydrogens (primary N) is 1. The number of rotatable bonds is 4. The Morgan fingerprint density at radius 1 is 1.24 bits per heavy atom. The van der Waals surface area contributed by atoms with Gasteiger partial charge in [0.05, 0.1) is 11.7 Å². The molecule has 0 amide bonds. The quantitative estimate of drug-likeness (QED) is 0.766. The van der Waals surface area contributed by atoms with Gasteiger partial charge in [-0.15, -0.1) is 0 Å². The zero-order valence-corrected chi connectivity index (χ0v) is 11.3. The number of aliphatic carboxylic acids is 1. The number of carbonyl (C=O) groups is 1. The van der Waals surface area contributed by atoms with Crippen LogP contribution in [0.1, 0.15) is 5.56 Å². The van der Waals surface area contributed by atoms with Gasteiger partial charge in [-0.2, -0.15) is 5.10 Å². The molecule has 0 aliphatic heterocycles. The summed E-state index contributed by atoms with van der Waals surface area (Å²) in [5.41, 5.74) is 9.58. The number of hydrogen-bond acceptors (Lipinski definition) is 3. The molecule has 0 radical (unpaired) electrons. The molecule has 0 aliphatic rings. The van der Waals surface area contributed by atoms with Gasteiger partial charge in [-0.05, 0) is 29.7 Å². The fourth-order valence-electron chi connectivity index (χ4n) is 2.32. The van der Waals surface area contributed by atoms with E-state index in [1.165, 1.54) is 0 Å². The van der Waals surface area contributed by atoms with Crippen LogP contribution in [0.2, 0.25) is 0 Å². The summed E-state index contributed by atoms with van der Waals surface area (Å²) in [7, 11) is 0. The van der Waals surface area contributed by atoms with Crippen molar-refractivity contribution in [1.29, 1.82) is 0 Å². The summed E-state index contributed by atoms with van der Waals surface area (Å²) in [6.45, 7) is 0. The van der Waals surface area contributed by atoms with Crippen molar-refractivity contribution in [3.8, 4) is 11.1 Å². The molecule has 0 bridgehead atoms. The molecule has 0 aliphatic carbocycles. The van der Waals surface area contributed by atoms with Crippen LogP contribution in [0.3, 0.4) is 0 Å². The summed E-state index contributed by atoms with van der Waals surface area (Å²) in [5, 5.41) is 13.1. The average Bonchev–Trinajstić information content (AvgIpc) is 2.92. The molecule has 0 fully saturated rings. The van der Waals surface area contributed by atoms with E-state index in [1.807, 2.05) is 59.4 Å². The van der Waals surface area contributed by atoms with Gasteiger partial charge in [-0.25, -0.2) is 4.52 Å². The summed E-state index contributed by atoms with van der Waals surface area (Å²) in [6.07, 6.45) is 4.05. The first-order valence-electron chi connectivity index (χ1n) is 6.65. The predicted octanol–water partition coefficient (Wildman–Crippen LogP) is 1.96. The maximum atomic E-state index is 10.8. The van der Waals surface area contributed by atoms with Crippen molar-refractivity contribution in [1.82, 2.24) is 9.61 Å². The zero-order valence-electron chi connectivity index (χ0n) is 11.3. The van der Waals surface area contributed by atoms with Crippen LogP contribution in [-0.2, 0) is 11.2 Å². The van der Waals surface area contributed by atoms with E-state index in [1.54, 1.807) is 0 Å². The van der Waals surface area contributed by atoms with Gasteiger partial charge in [0.2, 0.25) is 0 Å². The van der Waals surface area contributed by atoms with E-state index in [9.17, 15) is 4.79 Å². The number of carboxylic acids is 1. The minimum Gasteiger partial charge on any atom is -0.480 e. The Morgan fingerprint density at radius 3 is 2.71 bits per heavy atom. The van der Waals surface area contributed by atoms with E-state index in [0.29, 0.717) is 6.42 Å². The zero-order chi connectivity index (χ0) is 14.8. The van der Waals surface area contributed by atoms with Gasteiger partial charge in [0, 0.05) is 11.8 Å². The van der Waals surface area contributed by atoms with Crippen molar-refractivity contribution in [3.63, 3.8) is 0 Å². The Hall–Kier alpha value is -2.66. The molecule has 0 saturated heterocycles. The largest absolute Gasteiger partial charge is 0.480 e. The molecular weight excluding hydrogens is 266 g/mol. The number of hydrogen-bond donors (Lipinski definition) is 2. The lowest BCUT2D eigenvalue weighted by molar-refractivity contribution is -0.138. The monoisotopic (exact) mass is 281 g/mol.